The second-order valence-electron chi connectivity index (χ2n) is 5.13. The zero-order chi connectivity index (χ0) is 14.5. The van der Waals surface area contributed by atoms with E-state index in [-0.39, 0.29) is 18.8 Å². The number of aldehydes is 1. The molecule has 1 N–H and O–H groups in total. The fourth-order valence-electron chi connectivity index (χ4n) is 2.61. The van der Waals surface area contributed by atoms with Crippen LogP contribution in [0.4, 0.5) is 0 Å². The number of aliphatic hydroxyl groups excluding tert-OH is 1. The standard InChI is InChI=1S/C15H21NO4/c1-11-6-16(8-14(10-18)20-11)7-13-5-12(9-17)3-4-15(13)19-2/h3-5,9,11,14,18H,6-8,10H2,1-2H3. The highest BCUT2D eigenvalue weighted by atomic mass is 16.5. The highest BCUT2D eigenvalue weighted by molar-refractivity contribution is 5.75. The number of aliphatic hydroxyl groups is 1. The van der Waals surface area contributed by atoms with Gasteiger partial charge in [-0.1, -0.05) is 0 Å². The van der Waals surface area contributed by atoms with Crippen LogP contribution in [-0.4, -0.2) is 55.3 Å². The van der Waals surface area contributed by atoms with Gasteiger partial charge in [0.05, 0.1) is 25.9 Å². The molecule has 0 aromatic heterocycles. The second-order valence-corrected chi connectivity index (χ2v) is 5.13. The molecule has 0 bridgehead atoms. The van der Waals surface area contributed by atoms with Crippen LogP contribution < -0.4 is 4.74 Å². The molecular formula is C15H21NO4. The van der Waals surface area contributed by atoms with Gasteiger partial charge >= 0.3 is 0 Å². The highest BCUT2D eigenvalue weighted by Gasteiger charge is 2.25. The quantitative estimate of drug-likeness (QED) is 0.818. The molecular weight excluding hydrogens is 258 g/mol. The molecule has 2 rings (SSSR count). The molecule has 1 heterocycles. The molecule has 0 spiro atoms. The number of methoxy groups -OCH3 is 1. The minimum atomic E-state index is -0.154. The summed E-state index contributed by atoms with van der Waals surface area (Å²) in [6, 6.07) is 5.40. The maximum Gasteiger partial charge on any atom is 0.150 e. The van der Waals surface area contributed by atoms with E-state index in [4.69, 9.17) is 9.47 Å². The Morgan fingerprint density at radius 2 is 2.30 bits per heavy atom. The van der Waals surface area contributed by atoms with E-state index in [0.29, 0.717) is 18.7 Å². The van der Waals surface area contributed by atoms with Crippen LogP contribution in [0.25, 0.3) is 0 Å². The van der Waals surface area contributed by atoms with Gasteiger partial charge in [-0.3, -0.25) is 9.69 Å². The van der Waals surface area contributed by atoms with Crippen LogP contribution in [0.15, 0.2) is 18.2 Å². The molecule has 5 nitrogen and oxygen atoms in total. The summed E-state index contributed by atoms with van der Waals surface area (Å²) >= 11 is 0. The summed E-state index contributed by atoms with van der Waals surface area (Å²) in [5.41, 5.74) is 1.61. The van der Waals surface area contributed by atoms with Gasteiger partial charge in [0.2, 0.25) is 0 Å². The van der Waals surface area contributed by atoms with Gasteiger partial charge in [-0.25, -0.2) is 0 Å². The van der Waals surface area contributed by atoms with Crippen LogP contribution in [0.1, 0.15) is 22.8 Å². The van der Waals surface area contributed by atoms with Gasteiger partial charge in [0.1, 0.15) is 12.0 Å². The molecule has 0 saturated carbocycles. The molecule has 0 radical (unpaired) electrons. The van der Waals surface area contributed by atoms with Crippen LogP contribution in [0.5, 0.6) is 5.75 Å². The number of nitrogens with zero attached hydrogens (tertiary/aromatic N) is 1. The lowest BCUT2D eigenvalue weighted by molar-refractivity contribution is -0.0973. The largest absolute Gasteiger partial charge is 0.496 e. The van der Waals surface area contributed by atoms with E-state index >= 15 is 0 Å². The van der Waals surface area contributed by atoms with Crippen molar-refractivity contribution < 1.29 is 19.4 Å². The van der Waals surface area contributed by atoms with Crippen LogP contribution in [0, 0.1) is 0 Å². The molecule has 0 aliphatic carbocycles. The molecule has 5 heteroatoms. The van der Waals surface area contributed by atoms with Gasteiger partial charge < -0.3 is 14.6 Å². The van der Waals surface area contributed by atoms with Crippen LogP contribution in [-0.2, 0) is 11.3 Å². The van der Waals surface area contributed by atoms with E-state index in [9.17, 15) is 9.90 Å². The fourth-order valence-corrected chi connectivity index (χ4v) is 2.61. The number of rotatable bonds is 5. The number of hydrogen-bond donors (Lipinski definition) is 1. The van der Waals surface area contributed by atoms with E-state index in [1.807, 2.05) is 19.1 Å². The van der Waals surface area contributed by atoms with Crippen LogP contribution in [0.2, 0.25) is 0 Å². The lowest BCUT2D eigenvalue weighted by Gasteiger charge is -2.36. The van der Waals surface area contributed by atoms with Gasteiger partial charge in [-0.2, -0.15) is 0 Å². The number of benzene rings is 1. The van der Waals surface area contributed by atoms with Crippen molar-refractivity contribution in [1.29, 1.82) is 0 Å². The number of carbonyl (C=O) groups excluding carboxylic acids is 1. The Balaban J connectivity index is 2.13. The Morgan fingerprint density at radius 3 is 2.95 bits per heavy atom. The molecule has 1 aliphatic rings. The van der Waals surface area contributed by atoms with Gasteiger partial charge in [0.25, 0.3) is 0 Å². The summed E-state index contributed by atoms with van der Waals surface area (Å²) in [5, 5.41) is 9.25. The van der Waals surface area contributed by atoms with E-state index in [1.165, 1.54) is 0 Å². The Labute approximate surface area is 119 Å². The predicted molar refractivity (Wildman–Crippen MR) is 75.1 cm³/mol. The minimum Gasteiger partial charge on any atom is -0.496 e. The molecule has 110 valence electrons. The highest BCUT2D eigenvalue weighted by Crippen LogP contribution is 2.23. The Bertz CT molecular complexity index is 463. The van der Waals surface area contributed by atoms with Crippen LogP contribution in [0.3, 0.4) is 0 Å². The number of carbonyl (C=O) groups is 1. The summed E-state index contributed by atoms with van der Waals surface area (Å²) in [7, 11) is 1.62. The molecule has 2 unspecified atom stereocenters. The third kappa shape index (κ3) is 3.56. The fraction of sp³-hybridized carbons (Fsp3) is 0.533. The summed E-state index contributed by atoms with van der Waals surface area (Å²) in [5.74, 6) is 0.773. The average molecular weight is 279 g/mol. The van der Waals surface area contributed by atoms with Crippen molar-refractivity contribution in [2.24, 2.45) is 0 Å². The first-order valence-corrected chi connectivity index (χ1v) is 6.77. The van der Waals surface area contributed by atoms with Crippen molar-refractivity contribution in [3.63, 3.8) is 0 Å². The third-order valence-corrected chi connectivity index (χ3v) is 3.44. The van der Waals surface area contributed by atoms with Crippen molar-refractivity contribution in [1.82, 2.24) is 4.90 Å². The van der Waals surface area contributed by atoms with E-state index in [1.54, 1.807) is 13.2 Å². The topological polar surface area (TPSA) is 59.0 Å². The molecule has 1 fully saturated rings. The zero-order valence-corrected chi connectivity index (χ0v) is 11.9. The molecule has 1 aliphatic heterocycles. The molecule has 1 aromatic carbocycles. The maximum atomic E-state index is 10.9. The molecule has 1 saturated heterocycles. The third-order valence-electron chi connectivity index (χ3n) is 3.44. The molecule has 1 aromatic rings. The second kappa shape index (κ2) is 6.83. The molecule has 0 amide bonds. The first-order chi connectivity index (χ1) is 9.66. The van der Waals surface area contributed by atoms with Crippen molar-refractivity contribution >= 4 is 6.29 Å². The smallest absolute Gasteiger partial charge is 0.150 e. The maximum absolute atomic E-state index is 10.9. The van der Waals surface area contributed by atoms with Gasteiger partial charge in [0, 0.05) is 30.8 Å². The van der Waals surface area contributed by atoms with Crippen molar-refractivity contribution in [2.45, 2.75) is 25.7 Å². The van der Waals surface area contributed by atoms with Crippen molar-refractivity contribution in [3.8, 4) is 5.75 Å². The normalized spacial score (nSPS) is 23.6. The Morgan fingerprint density at radius 1 is 1.50 bits per heavy atom. The van der Waals surface area contributed by atoms with Gasteiger partial charge in [-0.15, -0.1) is 0 Å². The number of hydrogen-bond acceptors (Lipinski definition) is 5. The Hall–Kier alpha value is -1.43. The predicted octanol–water partition coefficient (Wildman–Crippen LogP) is 1.09. The zero-order valence-electron chi connectivity index (χ0n) is 11.9. The lowest BCUT2D eigenvalue weighted by Crippen LogP contribution is -2.47. The van der Waals surface area contributed by atoms with E-state index in [2.05, 4.69) is 4.90 Å². The lowest BCUT2D eigenvalue weighted by atomic mass is 10.1. The number of morpholine rings is 1. The molecule has 20 heavy (non-hydrogen) atoms. The van der Waals surface area contributed by atoms with E-state index < -0.39 is 0 Å². The number of ether oxygens (including phenoxy) is 2. The summed E-state index contributed by atoms with van der Waals surface area (Å²) in [6.07, 6.45) is 0.765. The summed E-state index contributed by atoms with van der Waals surface area (Å²) in [6.45, 7) is 4.16. The Kier molecular flexibility index (Phi) is 5.11. The SMILES string of the molecule is COc1ccc(C=O)cc1CN1CC(C)OC(CO)C1. The first-order valence-electron chi connectivity index (χ1n) is 6.77. The minimum absolute atomic E-state index is 0.0202. The summed E-state index contributed by atoms with van der Waals surface area (Å²) < 4.78 is 11.0. The monoisotopic (exact) mass is 279 g/mol. The average Bonchev–Trinajstić information content (AvgIpc) is 2.46. The van der Waals surface area contributed by atoms with Crippen LogP contribution >= 0.6 is 0 Å². The molecule has 2 atom stereocenters. The van der Waals surface area contributed by atoms with Crippen molar-refractivity contribution in [2.75, 3.05) is 26.8 Å². The van der Waals surface area contributed by atoms with Gasteiger partial charge in [0.15, 0.2) is 0 Å². The summed E-state index contributed by atoms with van der Waals surface area (Å²) in [4.78, 5) is 13.1. The first kappa shape index (κ1) is 15.0. The van der Waals surface area contributed by atoms with E-state index in [0.717, 1.165) is 24.1 Å². The van der Waals surface area contributed by atoms with Gasteiger partial charge in [-0.05, 0) is 25.1 Å². The van der Waals surface area contributed by atoms with Crippen molar-refractivity contribution in [3.05, 3.63) is 29.3 Å².